The van der Waals surface area contributed by atoms with Crippen molar-refractivity contribution in [1.29, 1.82) is 0 Å². The molecule has 2 bridgehead atoms. The van der Waals surface area contributed by atoms with E-state index in [4.69, 9.17) is 19.2 Å². The molecule has 4 saturated heterocycles. The molecule has 6 aliphatic rings. The predicted octanol–water partition coefficient (Wildman–Crippen LogP) is 3.67. The van der Waals surface area contributed by atoms with Crippen LogP contribution in [-0.2, 0) is 24.0 Å². The van der Waals surface area contributed by atoms with Crippen LogP contribution in [0.3, 0.4) is 0 Å². The van der Waals surface area contributed by atoms with Gasteiger partial charge in [0.25, 0.3) is 0 Å². The Labute approximate surface area is 172 Å². The second kappa shape index (κ2) is 6.60. The molecule has 4 aliphatic heterocycles. The molecule has 0 amide bonds. The minimum absolute atomic E-state index is 0.0595. The van der Waals surface area contributed by atoms with Crippen molar-refractivity contribution in [2.45, 2.75) is 103 Å². The van der Waals surface area contributed by atoms with E-state index in [1.807, 2.05) is 13.0 Å². The van der Waals surface area contributed by atoms with Gasteiger partial charge in [0.05, 0.1) is 12.2 Å². The molecule has 1 saturated carbocycles. The number of hydrogen-bond donors (Lipinski definition) is 1. The average Bonchev–Trinajstić information content (AvgIpc) is 2.98. The fraction of sp³-hybridized carbons (Fsp3) is 0.870. The number of aliphatic hydroxyl groups is 1. The number of hydrogen-bond acceptors (Lipinski definition) is 6. The molecule has 0 aromatic carbocycles. The van der Waals surface area contributed by atoms with Crippen LogP contribution in [-0.4, -0.2) is 40.8 Å². The van der Waals surface area contributed by atoms with Gasteiger partial charge in [-0.1, -0.05) is 26.8 Å². The number of Topliss-reactive ketones (excluding diaryl/α,β-unsaturated/α-hetero) is 1. The molecule has 5 fully saturated rings. The second-order valence-corrected chi connectivity index (χ2v) is 10.5. The lowest BCUT2D eigenvalue weighted by Gasteiger charge is -2.65. The van der Waals surface area contributed by atoms with E-state index >= 15 is 0 Å². The summed E-state index contributed by atoms with van der Waals surface area (Å²) < 4.78 is 13.0. The molecule has 0 radical (unpaired) electrons. The molecule has 0 aromatic rings. The Hall–Kier alpha value is -0.790. The third-order valence-corrected chi connectivity index (χ3v) is 8.95. The van der Waals surface area contributed by atoms with E-state index in [2.05, 4.69) is 20.8 Å². The summed E-state index contributed by atoms with van der Waals surface area (Å²) in [6.07, 6.45) is 5.91. The maximum atomic E-state index is 12.1. The molecule has 2 aliphatic carbocycles. The molecule has 0 aromatic heterocycles. The SMILES string of the molecule is C[C@@H]1CC[C@@]2(C)[C@@H](C)[C@@H](C[C@@H](O)C3=CCCC3=O)O[C@@H]3O[C@]4(C)CC[C@@H]1[C@]32OO4. The first-order valence-corrected chi connectivity index (χ1v) is 11.3. The molecule has 6 rings (SSSR count). The summed E-state index contributed by atoms with van der Waals surface area (Å²) in [7, 11) is 0. The molecule has 0 unspecified atom stereocenters. The number of ether oxygens (including phenoxy) is 2. The van der Waals surface area contributed by atoms with Gasteiger partial charge in [-0.2, -0.15) is 0 Å². The summed E-state index contributed by atoms with van der Waals surface area (Å²) in [6.45, 7) is 8.71. The molecular formula is C23H34O6. The van der Waals surface area contributed by atoms with E-state index in [1.165, 1.54) is 0 Å². The molecule has 1 N–H and O–H groups in total. The molecule has 1 spiro atoms. The van der Waals surface area contributed by atoms with Gasteiger partial charge in [-0.05, 0) is 50.4 Å². The summed E-state index contributed by atoms with van der Waals surface area (Å²) in [6, 6.07) is 0. The standard InChI is InChI=1S/C23H34O6/c1-13-8-10-21(3)14(2)19(12-18(25)15-6-5-7-17(15)24)26-20-23(21)16(13)9-11-22(4,27-20)28-29-23/h6,13-14,16,18-20,25H,5,7-12H2,1-4H3/t13-,14+,16+,18-,19-,20-,21+,22+,23+/m1/s1. The number of allylic oxidation sites excluding steroid dienone is 1. The van der Waals surface area contributed by atoms with Crippen molar-refractivity contribution in [2.24, 2.45) is 23.2 Å². The average molecular weight is 407 g/mol. The number of ketones is 1. The minimum atomic E-state index is -0.804. The molecule has 9 atom stereocenters. The Balaban J connectivity index is 1.49. The quantitative estimate of drug-likeness (QED) is 0.721. The topological polar surface area (TPSA) is 74.2 Å². The van der Waals surface area contributed by atoms with Crippen LogP contribution in [0.4, 0.5) is 0 Å². The van der Waals surface area contributed by atoms with Crippen LogP contribution in [0.1, 0.15) is 72.6 Å². The van der Waals surface area contributed by atoms with Crippen molar-refractivity contribution in [3.05, 3.63) is 11.6 Å². The minimum Gasteiger partial charge on any atom is -0.388 e. The van der Waals surface area contributed by atoms with Gasteiger partial charge in [0.1, 0.15) is 0 Å². The molecule has 6 nitrogen and oxygen atoms in total. The van der Waals surface area contributed by atoms with Gasteiger partial charge in [0.2, 0.25) is 5.79 Å². The highest BCUT2D eigenvalue weighted by Crippen LogP contribution is 2.66. The van der Waals surface area contributed by atoms with Crippen molar-refractivity contribution < 1.29 is 29.1 Å². The molecular weight excluding hydrogens is 372 g/mol. The third-order valence-electron chi connectivity index (χ3n) is 8.95. The number of carbonyl (C=O) groups excluding carboxylic acids is 1. The van der Waals surface area contributed by atoms with Gasteiger partial charge >= 0.3 is 0 Å². The van der Waals surface area contributed by atoms with Gasteiger partial charge in [-0.25, -0.2) is 9.78 Å². The van der Waals surface area contributed by atoms with E-state index in [1.54, 1.807) is 0 Å². The fourth-order valence-corrected chi connectivity index (χ4v) is 6.86. The van der Waals surface area contributed by atoms with Crippen molar-refractivity contribution in [1.82, 2.24) is 0 Å². The van der Waals surface area contributed by atoms with E-state index in [0.29, 0.717) is 30.3 Å². The molecule has 162 valence electrons. The lowest BCUT2D eigenvalue weighted by Crippen LogP contribution is -2.74. The number of rotatable bonds is 3. The van der Waals surface area contributed by atoms with Crippen LogP contribution in [0.25, 0.3) is 0 Å². The van der Waals surface area contributed by atoms with Crippen LogP contribution in [0.5, 0.6) is 0 Å². The highest BCUT2D eigenvalue weighted by Gasteiger charge is 2.74. The summed E-state index contributed by atoms with van der Waals surface area (Å²) in [5, 5.41) is 10.8. The highest BCUT2D eigenvalue weighted by molar-refractivity contribution is 5.98. The largest absolute Gasteiger partial charge is 0.388 e. The van der Waals surface area contributed by atoms with Gasteiger partial charge in [0, 0.05) is 30.3 Å². The summed E-state index contributed by atoms with van der Waals surface area (Å²) >= 11 is 0. The highest BCUT2D eigenvalue weighted by atomic mass is 17.3. The normalized spacial score (nSPS) is 52.7. The van der Waals surface area contributed by atoms with Gasteiger partial charge < -0.3 is 14.6 Å². The van der Waals surface area contributed by atoms with Crippen LogP contribution < -0.4 is 0 Å². The third kappa shape index (κ3) is 2.69. The fourth-order valence-electron chi connectivity index (χ4n) is 6.86. The first-order chi connectivity index (χ1) is 13.7. The number of fused-ring (bicyclic) bond motifs is 2. The smallest absolute Gasteiger partial charge is 0.201 e. The van der Waals surface area contributed by atoms with E-state index in [9.17, 15) is 9.90 Å². The van der Waals surface area contributed by atoms with Crippen LogP contribution in [0.15, 0.2) is 11.6 Å². The maximum Gasteiger partial charge on any atom is 0.201 e. The van der Waals surface area contributed by atoms with Gasteiger partial charge in [0.15, 0.2) is 17.7 Å². The first-order valence-electron chi connectivity index (χ1n) is 11.3. The van der Waals surface area contributed by atoms with Crippen LogP contribution >= 0.6 is 0 Å². The van der Waals surface area contributed by atoms with Gasteiger partial charge in [-0.15, -0.1) is 0 Å². The lowest BCUT2D eigenvalue weighted by atomic mass is 9.49. The predicted molar refractivity (Wildman–Crippen MR) is 104 cm³/mol. The molecule has 29 heavy (non-hydrogen) atoms. The van der Waals surface area contributed by atoms with Crippen LogP contribution in [0, 0.1) is 23.2 Å². The Morgan fingerprint density at radius 3 is 2.72 bits per heavy atom. The van der Waals surface area contributed by atoms with E-state index in [-0.39, 0.29) is 23.2 Å². The monoisotopic (exact) mass is 406 g/mol. The van der Waals surface area contributed by atoms with Crippen molar-refractivity contribution in [2.75, 3.05) is 0 Å². The summed E-state index contributed by atoms with van der Waals surface area (Å²) in [5.74, 6) is 0.210. The Kier molecular flexibility index (Phi) is 4.58. The van der Waals surface area contributed by atoms with Crippen molar-refractivity contribution in [3.63, 3.8) is 0 Å². The zero-order valence-corrected chi connectivity index (χ0v) is 18.0. The number of carbonyl (C=O) groups is 1. The Morgan fingerprint density at radius 2 is 2.00 bits per heavy atom. The zero-order valence-electron chi connectivity index (χ0n) is 18.0. The number of aliphatic hydroxyl groups excluding tert-OH is 1. The molecule has 4 heterocycles. The zero-order chi connectivity index (χ0) is 20.6. The van der Waals surface area contributed by atoms with Crippen molar-refractivity contribution in [3.8, 4) is 0 Å². The van der Waals surface area contributed by atoms with E-state index in [0.717, 1.165) is 32.1 Å². The maximum absolute atomic E-state index is 12.1. The van der Waals surface area contributed by atoms with Crippen LogP contribution in [0.2, 0.25) is 0 Å². The lowest BCUT2D eigenvalue weighted by molar-refractivity contribution is -0.581. The summed E-state index contributed by atoms with van der Waals surface area (Å²) in [4.78, 5) is 24.3. The summed E-state index contributed by atoms with van der Waals surface area (Å²) in [5.41, 5.74) is -0.280. The van der Waals surface area contributed by atoms with E-state index < -0.39 is 23.8 Å². The second-order valence-electron chi connectivity index (χ2n) is 10.5. The Morgan fingerprint density at radius 1 is 1.21 bits per heavy atom. The van der Waals surface area contributed by atoms with Crippen molar-refractivity contribution >= 4 is 5.78 Å². The van der Waals surface area contributed by atoms with Gasteiger partial charge in [-0.3, -0.25) is 4.79 Å². The Bertz CT molecular complexity index is 735. The molecule has 6 heteroatoms. The first kappa shape index (κ1) is 20.1.